The minimum atomic E-state index is -0.166. The van der Waals surface area contributed by atoms with Crippen LogP contribution < -0.4 is 14.8 Å². The summed E-state index contributed by atoms with van der Waals surface area (Å²) in [5.74, 6) is 1.94. The number of benzene rings is 2. The molecule has 1 amide bonds. The molecule has 3 aromatic rings. The predicted molar refractivity (Wildman–Crippen MR) is 96.4 cm³/mol. The third kappa shape index (κ3) is 3.83. The van der Waals surface area contributed by atoms with Gasteiger partial charge in [-0.1, -0.05) is 23.4 Å². The number of methoxy groups -OCH3 is 2. The van der Waals surface area contributed by atoms with Gasteiger partial charge in [-0.25, -0.2) is 0 Å². The summed E-state index contributed by atoms with van der Waals surface area (Å²) in [4.78, 5) is 16.7. The summed E-state index contributed by atoms with van der Waals surface area (Å²) in [6.45, 7) is 1.74. The van der Waals surface area contributed by atoms with E-state index in [0.29, 0.717) is 34.5 Å². The molecule has 0 aliphatic rings. The van der Waals surface area contributed by atoms with Crippen LogP contribution in [-0.4, -0.2) is 30.3 Å². The van der Waals surface area contributed by atoms with Crippen LogP contribution in [0.2, 0.25) is 0 Å². The number of hydrogen-bond donors (Lipinski definition) is 1. The van der Waals surface area contributed by atoms with E-state index in [1.54, 1.807) is 39.3 Å². The van der Waals surface area contributed by atoms with Gasteiger partial charge in [0.15, 0.2) is 17.3 Å². The topological polar surface area (TPSA) is 86.5 Å². The summed E-state index contributed by atoms with van der Waals surface area (Å²) in [5.41, 5.74) is 2.10. The van der Waals surface area contributed by atoms with E-state index >= 15 is 0 Å². The summed E-state index contributed by atoms with van der Waals surface area (Å²) >= 11 is 0. The van der Waals surface area contributed by atoms with Crippen LogP contribution in [0.4, 0.5) is 5.69 Å². The quantitative estimate of drug-likeness (QED) is 0.732. The van der Waals surface area contributed by atoms with Crippen LogP contribution in [0.25, 0.3) is 11.5 Å². The van der Waals surface area contributed by atoms with E-state index in [9.17, 15) is 4.79 Å². The molecule has 134 valence electrons. The molecule has 0 saturated heterocycles. The molecule has 0 radical (unpaired) electrons. The highest BCUT2D eigenvalue weighted by Gasteiger charge is 2.14. The fourth-order valence-electron chi connectivity index (χ4n) is 2.56. The Labute approximate surface area is 150 Å². The predicted octanol–water partition coefficient (Wildman–Crippen LogP) is 3.24. The maximum Gasteiger partial charge on any atom is 0.260 e. The van der Waals surface area contributed by atoms with Gasteiger partial charge in [0.2, 0.25) is 5.91 Å². The van der Waals surface area contributed by atoms with Crippen molar-refractivity contribution in [1.29, 1.82) is 0 Å². The number of carbonyl (C=O) groups is 1. The lowest BCUT2D eigenvalue weighted by molar-refractivity contribution is -0.115. The second-order valence-electron chi connectivity index (χ2n) is 5.61. The lowest BCUT2D eigenvalue weighted by atomic mass is 10.1. The van der Waals surface area contributed by atoms with Crippen LogP contribution in [0.3, 0.4) is 0 Å². The van der Waals surface area contributed by atoms with E-state index in [2.05, 4.69) is 15.5 Å². The zero-order valence-corrected chi connectivity index (χ0v) is 14.8. The molecule has 0 atom stereocenters. The van der Waals surface area contributed by atoms with Gasteiger partial charge in [0, 0.05) is 0 Å². The number of aryl methyl sites for hydroxylation is 1. The number of nitrogens with zero attached hydrogens (tertiary/aromatic N) is 2. The first kappa shape index (κ1) is 17.5. The fourth-order valence-corrected chi connectivity index (χ4v) is 2.56. The minimum Gasteiger partial charge on any atom is -0.493 e. The molecule has 3 rings (SSSR count). The molecule has 1 N–H and O–H groups in total. The van der Waals surface area contributed by atoms with E-state index in [1.807, 2.05) is 24.3 Å². The lowest BCUT2D eigenvalue weighted by Gasteiger charge is -2.11. The molecule has 1 heterocycles. The fraction of sp³-hybridized carbons (Fsp3) is 0.211. The average molecular weight is 353 g/mol. The number of nitrogens with one attached hydrogen (secondary N) is 1. The second kappa shape index (κ2) is 7.69. The summed E-state index contributed by atoms with van der Waals surface area (Å²) < 4.78 is 15.7. The van der Waals surface area contributed by atoms with Gasteiger partial charge in [0.1, 0.15) is 0 Å². The molecule has 1 aromatic heterocycles. The normalized spacial score (nSPS) is 10.4. The highest BCUT2D eigenvalue weighted by molar-refractivity contribution is 5.95. The third-order valence-corrected chi connectivity index (χ3v) is 3.77. The summed E-state index contributed by atoms with van der Waals surface area (Å²) in [6.07, 6.45) is 0.192. The van der Waals surface area contributed by atoms with Gasteiger partial charge in [-0.3, -0.25) is 4.79 Å². The second-order valence-corrected chi connectivity index (χ2v) is 5.61. The number of para-hydroxylation sites is 1. The first-order chi connectivity index (χ1) is 12.6. The summed E-state index contributed by atoms with van der Waals surface area (Å²) in [7, 11) is 3.13. The molecule has 26 heavy (non-hydrogen) atoms. The van der Waals surface area contributed by atoms with Crippen LogP contribution in [0.15, 0.2) is 47.0 Å². The number of hydrogen-bond acceptors (Lipinski definition) is 6. The van der Waals surface area contributed by atoms with Crippen molar-refractivity contribution in [2.45, 2.75) is 13.3 Å². The molecule has 7 nitrogen and oxygen atoms in total. The molecule has 0 bridgehead atoms. The maximum absolute atomic E-state index is 12.5. The van der Waals surface area contributed by atoms with E-state index in [-0.39, 0.29) is 12.3 Å². The smallest absolute Gasteiger partial charge is 0.260 e. The van der Waals surface area contributed by atoms with Gasteiger partial charge in [-0.2, -0.15) is 4.98 Å². The van der Waals surface area contributed by atoms with E-state index in [1.165, 1.54) is 0 Å². The van der Waals surface area contributed by atoms with Crippen LogP contribution in [0, 0.1) is 6.92 Å². The number of rotatable bonds is 6. The summed E-state index contributed by atoms with van der Waals surface area (Å²) in [6, 6.07) is 12.7. The molecule has 7 heteroatoms. The average Bonchev–Trinajstić information content (AvgIpc) is 3.08. The van der Waals surface area contributed by atoms with E-state index < -0.39 is 0 Å². The van der Waals surface area contributed by atoms with Gasteiger partial charge < -0.3 is 19.3 Å². The Morgan fingerprint density at radius 3 is 2.58 bits per heavy atom. The number of aromatic nitrogens is 2. The monoisotopic (exact) mass is 353 g/mol. The van der Waals surface area contributed by atoms with Crippen LogP contribution in [0.5, 0.6) is 11.5 Å². The van der Waals surface area contributed by atoms with Crippen LogP contribution in [-0.2, 0) is 11.2 Å². The Hall–Kier alpha value is -3.35. The molecular weight excluding hydrogens is 334 g/mol. The van der Waals surface area contributed by atoms with Crippen molar-refractivity contribution in [3.63, 3.8) is 0 Å². The highest BCUT2D eigenvalue weighted by atomic mass is 16.5. The van der Waals surface area contributed by atoms with Gasteiger partial charge in [-0.05, 0) is 36.8 Å². The molecule has 0 spiro atoms. The Balaban J connectivity index is 1.77. The third-order valence-electron chi connectivity index (χ3n) is 3.77. The SMILES string of the molecule is COc1ccc(CC(=O)Nc2ccccc2-c2nc(C)no2)cc1OC. The molecule has 0 aliphatic carbocycles. The standard InChI is InChI=1S/C19H19N3O4/c1-12-20-19(26-22-12)14-6-4-5-7-15(14)21-18(23)11-13-8-9-16(24-2)17(10-13)25-3/h4-10H,11H2,1-3H3,(H,21,23). The first-order valence-electron chi connectivity index (χ1n) is 8.01. The van der Waals surface area contributed by atoms with Crippen molar-refractivity contribution >= 4 is 11.6 Å². The van der Waals surface area contributed by atoms with E-state index in [0.717, 1.165) is 5.56 Å². The Morgan fingerprint density at radius 1 is 1.12 bits per heavy atom. The van der Waals surface area contributed by atoms with E-state index in [4.69, 9.17) is 14.0 Å². The van der Waals surface area contributed by atoms with Crippen molar-refractivity contribution < 1.29 is 18.8 Å². The minimum absolute atomic E-state index is 0.166. The molecule has 2 aromatic carbocycles. The van der Waals surface area contributed by atoms with Crippen molar-refractivity contribution in [3.05, 3.63) is 53.9 Å². The maximum atomic E-state index is 12.5. The van der Waals surface area contributed by atoms with Crippen LogP contribution in [0.1, 0.15) is 11.4 Å². The van der Waals surface area contributed by atoms with Gasteiger partial charge in [0.05, 0.1) is 31.9 Å². The van der Waals surface area contributed by atoms with Gasteiger partial charge in [0.25, 0.3) is 5.89 Å². The Kier molecular flexibility index (Phi) is 5.17. The zero-order valence-electron chi connectivity index (χ0n) is 14.8. The largest absolute Gasteiger partial charge is 0.493 e. The molecule has 0 fully saturated rings. The number of amides is 1. The van der Waals surface area contributed by atoms with Crippen molar-refractivity contribution in [3.8, 4) is 23.0 Å². The Morgan fingerprint density at radius 2 is 1.88 bits per heavy atom. The van der Waals surface area contributed by atoms with Gasteiger partial charge in [-0.15, -0.1) is 0 Å². The zero-order chi connectivity index (χ0) is 18.5. The van der Waals surface area contributed by atoms with Crippen molar-refractivity contribution in [1.82, 2.24) is 10.1 Å². The number of carbonyl (C=O) groups excluding carboxylic acids is 1. The highest BCUT2D eigenvalue weighted by Crippen LogP contribution is 2.29. The molecule has 0 unspecified atom stereocenters. The number of ether oxygens (including phenoxy) is 2. The van der Waals surface area contributed by atoms with Crippen molar-refractivity contribution in [2.24, 2.45) is 0 Å². The lowest BCUT2D eigenvalue weighted by Crippen LogP contribution is -2.15. The summed E-state index contributed by atoms with van der Waals surface area (Å²) in [5, 5.41) is 6.69. The molecule has 0 aliphatic heterocycles. The first-order valence-corrected chi connectivity index (χ1v) is 8.01. The molecule has 0 saturated carbocycles. The molecular formula is C19H19N3O4. The van der Waals surface area contributed by atoms with Gasteiger partial charge >= 0.3 is 0 Å². The number of anilines is 1. The van der Waals surface area contributed by atoms with Crippen molar-refractivity contribution in [2.75, 3.05) is 19.5 Å². The van der Waals surface area contributed by atoms with Crippen LogP contribution >= 0.6 is 0 Å². The Bertz CT molecular complexity index is 921.